The Morgan fingerprint density at radius 3 is 2.28 bits per heavy atom. The number of sulfone groups is 1. The first-order valence-corrected chi connectivity index (χ1v) is 7.81. The molecule has 0 aliphatic rings. The fourth-order valence-corrected chi connectivity index (χ4v) is 2.49. The first-order chi connectivity index (χ1) is 8.22. The van der Waals surface area contributed by atoms with Gasteiger partial charge in [0.05, 0.1) is 18.5 Å². The van der Waals surface area contributed by atoms with E-state index in [0.29, 0.717) is 6.42 Å². The van der Waals surface area contributed by atoms with Crippen LogP contribution >= 0.6 is 0 Å². The van der Waals surface area contributed by atoms with E-state index in [1.165, 1.54) is 6.26 Å². The minimum atomic E-state index is -3.04. The Labute approximate surface area is 109 Å². The van der Waals surface area contributed by atoms with Gasteiger partial charge in [0, 0.05) is 12.7 Å². The van der Waals surface area contributed by atoms with E-state index in [2.05, 4.69) is 0 Å². The topological polar surface area (TPSA) is 63.6 Å². The van der Waals surface area contributed by atoms with Crippen LogP contribution in [0, 0.1) is 0 Å². The number of ether oxygens (including phenoxy) is 1. The minimum absolute atomic E-state index is 0.00381. The maximum absolute atomic E-state index is 11.1. The smallest absolute Gasteiger partial charge is 0.147 e. The summed E-state index contributed by atoms with van der Waals surface area (Å²) in [5, 5.41) is 10.2. The van der Waals surface area contributed by atoms with E-state index in [1.54, 1.807) is 14.0 Å². The summed E-state index contributed by atoms with van der Waals surface area (Å²) in [6, 6.07) is 7.38. The Morgan fingerprint density at radius 1 is 1.28 bits per heavy atom. The molecule has 1 aromatic rings. The number of benzene rings is 1. The van der Waals surface area contributed by atoms with Crippen molar-refractivity contribution in [3.05, 3.63) is 29.8 Å². The number of aliphatic hydroxyl groups is 1. The molecule has 1 unspecified atom stereocenters. The summed E-state index contributed by atoms with van der Waals surface area (Å²) in [7, 11) is -1.45. The lowest BCUT2D eigenvalue weighted by Gasteiger charge is -2.23. The van der Waals surface area contributed by atoms with Gasteiger partial charge in [0.1, 0.15) is 15.6 Å². The highest BCUT2D eigenvalue weighted by molar-refractivity contribution is 7.90. The van der Waals surface area contributed by atoms with E-state index in [4.69, 9.17) is 4.74 Å². The molecular formula is C13H20O4S. The maximum Gasteiger partial charge on any atom is 0.147 e. The Bertz CT molecular complexity index is 474. The molecule has 0 amide bonds. The molecule has 4 nitrogen and oxygen atoms in total. The summed E-state index contributed by atoms with van der Waals surface area (Å²) in [5.41, 5.74) is -0.0631. The van der Waals surface area contributed by atoms with Gasteiger partial charge in [-0.2, -0.15) is 0 Å². The second-order valence-corrected chi connectivity index (χ2v) is 7.16. The second kappa shape index (κ2) is 5.71. The van der Waals surface area contributed by atoms with E-state index < -0.39 is 15.4 Å². The molecule has 0 spiro atoms. The second-order valence-electron chi connectivity index (χ2n) is 4.90. The monoisotopic (exact) mass is 272 g/mol. The standard InChI is InChI=1S/C13H20O4S/c1-13(14,8-9-18(3,15)16)10-11-4-6-12(17-2)7-5-11/h4-7,14H,8-10H2,1-3H3. The summed E-state index contributed by atoms with van der Waals surface area (Å²) >= 11 is 0. The summed E-state index contributed by atoms with van der Waals surface area (Å²) in [6.07, 6.45) is 1.83. The van der Waals surface area contributed by atoms with Crippen molar-refractivity contribution in [1.82, 2.24) is 0 Å². The molecule has 0 radical (unpaired) electrons. The Kier molecular flexibility index (Phi) is 4.76. The van der Waals surface area contributed by atoms with E-state index in [1.807, 2.05) is 24.3 Å². The van der Waals surface area contributed by atoms with Gasteiger partial charge >= 0.3 is 0 Å². The normalized spacial score (nSPS) is 15.1. The molecule has 1 aromatic carbocycles. The zero-order valence-corrected chi connectivity index (χ0v) is 11.8. The molecule has 0 fully saturated rings. The number of hydrogen-bond acceptors (Lipinski definition) is 4. The van der Waals surface area contributed by atoms with Gasteiger partial charge in [0.25, 0.3) is 0 Å². The van der Waals surface area contributed by atoms with Crippen LogP contribution in [0.3, 0.4) is 0 Å². The first kappa shape index (κ1) is 15.0. The molecule has 5 heteroatoms. The van der Waals surface area contributed by atoms with Crippen molar-refractivity contribution >= 4 is 9.84 Å². The van der Waals surface area contributed by atoms with Gasteiger partial charge in [-0.15, -0.1) is 0 Å². The van der Waals surface area contributed by atoms with E-state index in [-0.39, 0.29) is 12.2 Å². The third-order valence-corrected chi connectivity index (χ3v) is 3.70. The average molecular weight is 272 g/mol. The molecule has 0 bridgehead atoms. The van der Waals surface area contributed by atoms with Crippen LogP contribution in [0.1, 0.15) is 18.9 Å². The molecule has 18 heavy (non-hydrogen) atoms. The van der Waals surface area contributed by atoms with Crippen molar-refractivity contribution in [2.45, 2.75) is 25.4 Å². The van der Waals surface area contributed by atoms with Gasteiger partial charge in [-0.05, 0) is 31.0 Å². The van der Waals surface area contributed by atoms with E-state index in [9.17, 15) is 13.5 Å². The fraction of sp³-hybridized carbons (Fsp3) is 0.538. The molecule has 1 rings (SSSR count). The SMILES string of the molecule is COc1ccc(CC(C)(O)CCS(C)(=O)=O)cc1. The van der Waals surface area contributed by atoms with Crippen molar-refractivity contribution < 1.29 is 18.3 Å². The third kappa shape index (κ3) is 5.51. The van der Waals surface area contributed by atoms with Crippen LogP contribution < -0.4 is 4.74 Å². The molecule has 0 aliphatic carbocycles. The highest BCUT2D eigenvalue weighted by Crippen LogP contribution is 2.20. The van der Waals surface area contributed by atoms with Crippen molar-refractivity contribution in [2.24, 2.45) is 0 Å². The van der Waals surface area contributed by atoms with Gasteiger partial charge < -0.3 is 9.84 Å². The van der Waals surface area contributed by atoms with Crippen molar-refractivity contribution in [2.75, 3.05) is 19.1 Å². The van der Waals surface area contributed by atoms with Gasteiger partial charge in [0.15, 0.2) is 0 Å². The molecule has 0 aliphatic heterocycles. The summed E-state index contributed by atoms with van der Waals surface area (Å²) in [6.45, 7) is 1.66. The molecule has 0 saturated heterocycles. The van der Waals surface area contributed by atoms with Crippen LogP contribution in [0.4, 0.5) is 0 Å². The van der Waals surface area contributed by atoms with E-state index in [0.717, 1.165) is 11.3 Å². The molecule has 1 N–H and O–H groups in total. The van der Waals surface area contributed by atoms with Crippen LogP contribution in [0.5, 0.6) is 5.75 Å². The highest BCUT2D eigenvalue weighted by atomic mass is 32.2. The van der Waals surface area contributed by atoms with Crippen LogP contribution in [0.25, 0.3) is 0 Å². The Morgan fingerprint density at radius 2 is 1.83 bits per heavy atom. The molecule has 102 valence electrons. The molecular weight excluding hydrogens is 252 g/mol. The summed E-state index contributed by atoms with van der Waals surface area (Å²) in [4.78, 5) is 0. The van der Waals surface area contributed by atoms with Crippen LogP contribution in [0.15, 0.2) is 24.3 Å². The van der Waals surface area contributed by atoms with Crippen LogP contribution in [0.2, 0.25) is 0 Å². The predicted molar refractivity (Wildman–Crippen MR) is 71.6 cm³/mol. The van der Waals surface area contributed by atoms with Gasteiger partial charge in [0.2, 0.25) is 0 Å². The fourth-order valence-electron chi connectivity index (χ4n) is 1.68. The van der Waals surface area contributed by atoms with Gasteiger partial charge in [-0.1, -0.05) is 12.1 Å². The molecule has 0 aromatic heterocycles. The summed E-state index contributed by atoms with van der Waals surface area (Å²) < 4.78 is 27.2. The summed E-state index contributed by atoms with van der Waals surface area (Å²) in [5.74, 6) is 0.755. The Balaban J connectivity index is 2.63. The number of rotatable bonds is 6. The lowest BCUT2D eigenvalue weighted by Crippen LogP contribution is -2.30. The van der Waals surface area contributed by atoms with Crippen LogP contribution in [-0.4, -0.2) is 38.2 Å². The average Bonchev–Trinajstić information content (AvgIpc) is 2.26. The lowest BCUT2D eigenvalue weighted by molar-refractivity contribution is 0.0572. The lowest BCUT2D eigenvalue weighted by atomic mass is 9.94. The van der Waals surface area contributed by atoms with Crippen molar-refractivity contribution in [3.8, 4) is 5.75 Å². The minimum Gasteiger partial charge on any atom is -0.497 e. The van der Waals surface area contributed by atoms with Crippen LogP contribution in [-0.2, 0) is 16.3 Å². The molecule has 0 saturated carbocycles. The van der Waals surface area contributed by atoms with Gasteiger partial charge in [-0.25, -0.2) is 8.42 Å². The first-order valence-electron chi connectivity index (χ1n) is 5.75. The number of hydrogen-bond donors (Lipinski definition) is 1. The van der Waals surface area contributed by atoms with E-state index >= 15 is 0 Å². The highest BCUT2D eigenvalue weighted by Gasteiger charge is 2.22. The van der Waals surface area contributed by atoms with Crippen molar-refractivity contribution in [3.63, 3.8) is 0 Å². The van der Waals surface area contributed by atoms with Gasteiger partial charge in [-0.3, -0.25) is 0 Å². The Hall–Kier alpha value is -1.07. The predicted octanol–water partition coefficient (Wildman–Crippen LogP) is 1.42. The number of methoxy groups -OCH3 is 1. The van der Waals surface area contributed by atoms with Crippen molar-refractivity contribution in [1.29, 1.82) is 0 Å². The third-order valence-electron chi connectivity index (χ3n) is 2.76. The zero-order chi connectivity index (χ0) is 13.8. The quantitative estimate of drug-likeness (QED) is 0.850. The largest absolute Gasteiger partial charge is 0.497 e. The zero-order valence-electron chi connectivity index (χ0n) is 11.0. The molecule has 1 atom stereocenters. The molecule has 0 heterocycles. The maximum atomic E-state index is 11.1.